The first kappa shape index (κ1) is 10.7. The van der Waals surface area contributed by atoms with E-state index in [1.54, 1.807) is 13.0 Å². The quantitative estimate of drug-likeness (QED) is 0.657. The lowest BCUT2D eigenvalue weighted by atomic mass is 9.74. The molecule has 2 nitrogen and oxygen atoms in total. The lowest BCUT2D eigenvalue weighted by molar-refractivity contribution is -0.0695. The smallest absolute Gasteiger partial charge is 0.0734 e. The first-order chi connectivity index (χ1) is 6.10. The maximum atomic E-state index is 10.3. The highest BCUT2D eigenvalue weighted by molar-refractivity contribution is 4.99. The molecule has 1 saturated carbocycles. The van der Waals surface area contributed by atoms with Crippen LogP contribution in [0.4, 0.5) is 0 Å². The van der Waals surface area contributed by atoms with Crippen molar-refractivity contribution >= 4 is 0 Å². The van der Waals surface area contributed by atoms with E-state index in [1.165, 1.54) is 6.42 Å². The average molecular weight is 184 g/mol. The SMILES string of the molecule is C=CC(C(C)O)C1(O)CCCCC1. The van der Waals surface area contributed by atoms with Gasteiger partial charge in [-0.1, -0.05) is 25.3 Å². The van der Waals surface area contributed by atoms with Crippen LogP contribution >= 0.6 is 0 Å². The van der Waals surface area contributed by atoms with Crippen molar-refractivity contribution in [1.29, 1.82) is 0 Å². The van der Waals surface area contributed by atoms with Crippen molar-refractivity contribution in [2.45, 2.75) is 50.7 Å². The van der Waals surface area contributed by atoms with Gasteiger partial charge in [-0.3, -0.25) is 0 Å². The molecule has 2 atom stereocenters. The highest BCUT2D eigenvalue weighted by atomic mass is 16.3. The minimum Gasteiger partial charge on any atom is -0.393 e. The van der Waals surface area contributed by atoms with Crippen LogP contribution in [0.1, 0.15) is 39.0 Å². The fourth-order valence-corrected chi connectivity index (χ4v) is 2.36. The van der Waals surface area contributed by atoms with Crippen molar-refractivity contribution in [3.05, 3.63) is 12.7 Å². The van der Waals surface area contributed by atoms with Crippen molar-refractivity contribution in [3.63, 3.8) is 0 Å². The lowest BCUT2D eigenvalue weighted by Crippen LogP contribution is -2.43. The second-order valence-corrected chi connectivity index (χ2v) is 4.17. The van der Waals surface area contributed by atoms with Crippen LogP contribution in [-0.2, 0) is 0 Å². The largest absolute Gasteiger partial charge is 0.393 e. The van der Waals surface area contributed by atoms with Gasteiger partial charge in [0.25, 0.3) is 0 Å². The van der Waals surface area contributed by atoms with E-state index in [0.29, 0.717) is 0 Å². The molecule has 0 radical (unpaired) electrons. The molecule has 0 amide bonds. The van der Waals surface area contributed by atoms with Gasteiger partial charge in [0.1, 0.15) is 0 Å². The third-order valence-electron chi connectivity index (χ3n) is 3.11. The second-order valence-electron chi connectivity index (χ2n) is 4.17. The Balaban J connectivity index is 2.68. The Labute approximate surface area is 80.3 Å². The molecule has 1 aliphatic rings. The van der Waals surface area contributed by atoms with E-state index in [1.807, 2.05) is 0 Å². The maximum Gasteiger partial charge on any atom is 0.0734 e. The zero-order valence-corrected chi connectivity index (χ0v) is 8.37. The zero-order chi connectivity index (χ0) is 9.90. The van der Waals surface area contributed by atoms with Crippen LogP contribution in [0.3, 0.4) is 0 Å². The van der Waals surface area contributed by atoms with E-state index in [-0.39, 0.29) is 5.92 Å². The molecule has 0 bridgehead atoms. The van der Waals surface area contributed by atoms with Crippen molar-refractivity contribution in [2.24, 2.45) is 5.92 Å². The molecule has 0 saturated heterocycles. The molecule has 2 unspecified atom stereocenters. The number of aliphatic hydroxyl groups is 2. The number of rotatable bonds is 3. The van der Waals surface area contributed by atoms with E-state index < -0.39 is 11.7 Å². The molecule has 1 aliphatic carbocycles. The standard InChI is InChI=1S/C11H20O2/c1-3-10(9(2)12)11(13)7-5-4-6-8-11/h3,9-10,12-13H,1,4-8H2,2H3. The lowest BCUT2D eigenvalue weighted by Gasteiger charge is -2.39. The van der Waals surface area contributed by atoms with E-state index in [9.17, 15) is 10.2 Å². The summed E-state index contributed by atoms with van der Waals surface area (Å²) in [7, 11) is 0. The maximum absolute atomic E-state index is 10.3. The third kappa shape index (κ3) is 2.32. The molecule has 0 aromatic heterocycles. The minimum atomic E-state index is -0.700. The molecule has 2 N–H and O–H groups in total. The summed E-state index contributed by atoms with van der Waals surface area (Å²) in [6, 6.07) is 0. The third-order valence-corrected chi connectivity index (χ3v) is 3.11. The van der Waals surface area contributed by atoms with Gasteiger partial charge in [0.2, 0.25) is 0 Å². The Kier molecular flexibility index (Phi) is 3.51. The van der Waals surface area contributed by atoms with Crippen LogP contribution in [-0.4, -0.2) is 21.9 Å². The van der Waals surface area contributed by atoms with Crippen LogP contribution in [0.5, 0.6) is 0 Å². The van der Waals surface area contributed by atoms with Crippen molar-refractivity contribution in [1.82, 2.24) is 0 Å². The van der Waals surface area contributed by atoms with Crippen LogP contribution < -0.4 is 0 Å². The topological polar surface area (TPSA) is 40.5 Å². The number of hydrogen-bond donors (Lipinski definition) is 2. The molecule has 2 heteroatoms. The Morgan fingerprint density at radius 2 is 1.85 bits per heavy atom. The van der Waals surface area contributed by atoms with Gasteiger partial charge in [0.15, 0.2) is 0 Å². The fourth-order valence-electron chi connectivity index (χ4n) is 2.36. The van der Waals surface area contributed by atoms with Crippen molar-refractivity contribution < 1.29 is 10.2 Å². The monoisotopic (exact) mass is 184 g/mol. The molecule has 1 rings (SSSR count). The van der Waals surface area contributed by atoms with E-state index in [4.69, 9.17) is 0 Å². The van der Waals surface area contributed by atoms with Gasteiger partial charge >= 0.3 is 0 Å². The Bertz CT molecular complexity index is 169. The molecule has 0 spiro atoms. The van der Waals surface area contributed by atoms with Crippen LogP contribution in [0.15, 0.2) is 12.7 Å². The molecule has 0 aliphatic heterocycles. The fraction of sp³-hybridized carbons (Fsp3) is 0.818. The molecule has 76 valence electrons. The molecular weight excluding hydrogens is 164 g/mol. The van der Waals surface area contributed by atoms with Gasteiger partial charge in [-0.05, 0) is 19.8 Å². The molecule has 0 aromatic carbocycles. The summed E-state index contributed by atoms with van der Waals surface area (Å²) in [6.07, 6.45) is 6.12. The van der Waals surface area contributed by atoms with Crippen LogP contribution in [0.25, 0.3) is 0 Å². The highest BCUT2D eigenvalue weighted by Crippen LogP contribution is 2.36. The number of hydrogen-bond acceptors (Lipinski definition) is 2. The van der Waals surface area contributed by atoms with E-state index in [2.05, 4.69) is 6.58 Å². The summed E-state index contributed by atoms with van der Waals surface area (Å²) in [5, 5.41) is 19.8. The second kappa shape index (κ2) is 4.25. The van der Waals surface area contributed by atoms with E-state index in [0.717, 1.165) is 25.7 Å². The first-order valence-corrected chi connectivity index (χ1v) is 5.13. The van der Waals surface area contributed by atoms with Gasteiger partial charge in [0.05, 0.1) is 11.7 Å². The Morgan fingerprint density at radius 3 is 2.23 bits per heavy atom. The molecule has 1 fully saturated rings. The van der Waals surface area contributed by atoms with Gasteiger partial charge in [0, 0.05) is 5.92 Å². The van der Waals surface area contributed by atoms with Gasteiger partial charge in [-0.2, -0.15) is 0 Å². The van der Waals surface area contributed by atoms with Crippen molar-refractivity contribution in [2.75, 3.05) is 0 Å². The Morgan fingerprint density at radius 1 is 1.31 bits per heavy atom. The summed E-state index contributed by atoms with van der Waals surface area (Å²) >= 11 is 0. The molecule has 0 aromatic rings. The minimum absolute atomic E-state index is 0.173. The molecular formula is C11H20O2. The van der Waals surface area contributed by atoms with Gasteiger partial charge in [-0.15, -0.1) is 6.58 Å². The zero-order valence-electron chi connectivity index (χ0n) is 8.37. The first-order valence-electron chi connectivity index (χ1n) is 5.13. The molecule has 13 heavy (non-hydrogen) atoms. The molecule has 0 heterocycles. The summed E-state index contributed by atoms with van der Waals surface area (Å²) in [6.45, 7) is 5.40. The predicted octanol–water partition coefficient (Wildman–Crippen LogP) is 1.86. The van der Waals surface area contributed by atoms with Gasteiger partial charge < -0.3 is 10.2 Å². The Hall–Kier alpha value is -0.340. The van der Waals surface area contributed by atoms with Crippen LogP contribution in [0.2, 0.25) is 0 Å². The summed E-state index contributed by atoms with van der Waals surface area (Å²) in [5.74, 6) is -0.173. The predicted molar refractivity (Wildman–Crippen MR) is 53.4 cm³/mol. The van der Waals surface area contributed by atoms with Gasteiger partial charge in [-0.25, -0.2) is 0 Å². The van der Waals surface area contributed by atoms with E-state index >= 15 is 0 Å². The summed E-state index contributed by atoms with van der Waals surface area (Å²) in [5.41, 5.74) is -0.700. The summed E-state index contributed by atoms with van der Waals surface area (Å²) in [4.78, 5) is 0. The average Bonchev–Trinajstić information content (AvgIpc) is 2.05. The van der Waals surface area contributed by atoms with Crippen LogP contribution in [0, 0.1) is 5.92 Å². The normalized spacial score (nSPS) is 26.4. The highest BCUT2D eigenvalue weighted by Gasteiger charge is 2.38. The van der Waals surface area contributed by atoms with Crippen molar-refractivity contribution in [3.8, 4) is 0 Å². The number of aliphatic hydroxyl groups excluding tert-OH is 1. The summed E-state index contributed by atoms with van der Waals surface area (Å²) < 4.78 is 0.